The quantitative estimate of drug-likeness (QED) is 0.359. The van der Waals surface area contributed by atoms with E-state index < -0.39 is 6.56 Å². The zero-order valence-electron chi connectivity index (χ0n) is 7.92. The van der Waals surface area contributed by atoms with Crippen LogP contribution in [0.25, 0.3) is 0 Å². The monoisotopic (exact) mass is 142 g/mol. The van der Waals surface area contributed by atoms with Crippen molar-refractivity contribution in [3.8, 4) is 12.3 Å². The topological polar surface area (TPSA) is 29.5 Å². The van der Waals surface area contributed by atoms with E-state index in [1.165, 1.54) is 0 Å². The predicted molar refractivity (Wildman–Crippen MR) is 40.2 cm³/mol. The van der Waals surface area contributed by atoms with Gasteiger partial charge in [-0.2, -0.15) is 0 Å². The van der Waals surface area contributed by atoms with Gasteiger partial charge in [0.05, 0.1) is 21.7 Å². The van der Waals surface area contributed by atoms with Gasteiger partial charge in [0, 0.05) is 6.42 Å². The summed E-state index contributed by atoms with van der Waals surface area (Å²) < 4.78 is 18.5. The van der Waals surface area contributed by atoms with Crippen LogP contribution in [-0.2, 0) is 4.74 Å². The minimum atomic E-state index is -2.32. The highest BCUT2D eigenvalue weighted by molar-refractivity contribution is 4.89. The maximum absolute atomic E-state index is 8.68. The second-order valence-corrected chi connectivity index (χ2v) is 1.69. The van der Waals surface area contributed by atoms with Crippen LogP contribution in [0.3, 0.4) is 0 Å². The third-order valence-electron chi connectivity index (χ3n) is 0.844. The summed E-state index contributed by atoms with van der Waals surface area (Å²) in [4.78, 5) is 0. The smallest absolute Gasteiger partial charge is 0.0986 e. The van der Waals surface area contributed by atoms with Gasteiger partial charge < -0.3 is 9.84 Å². The Morgan fingerprint density at radius 1 is 2.00 bits per heavy atom. The van der Waals surface area contributed by atoms with Gasteiger partial charge >= 0.3 is 0 Å². The van der Waals surface area contributed by atoms with Crippen LogP contribution < -0.4 is 0 Å². The molecule has 0 radical (unpaired) electrons. The molecule has 10 heavy (non-hydrogen) atoms. The van der Waals surface area contributed by atoms with Gasteiger partial charge in [0.2, 0.25) is 0 Å². The van der Waals surface area contributed by atoms with Crippen LogP contribution >= 0.6 is 0 Å². The van der Waals surface area contributed by atoms with Gasteiger partial charge in [-0.15, -0.1) is 12.3 Å². The first kappa shape index (κ1) is 5.82. The van der Waals surface area contributed by atoms with Crippen molar-refractivity contribution >= 4 is 0 Å². The molecular weight excluding hydrogens is 128 g/mol. The first-order chi connectivity index (χ1) is 5.45. The zero-order valence-corrected chi connectivity index (χ0v) is 5.92. The molecule has 0 amide bonds. The van der Waals surface area contributed by atoms with Gasteiger partial charge in [0.1, 0.15) is 0 Å². The van der Waals surface area contributed by atoms with Crippen LogP contribution in [0.15, 0.2) is 11.8 Å². The third-order valence-corrected chi connectivity index (χ3v) is 0.844. The number of hydrogen-bond donors (Lipinski definition) is 1. The predicted octanol–water partition coefficient (Wildman–Crippen LogP) is 0.922. The summed E-state index contributed by atoms with van der Waals surface area (Å²) in [6.07, 6.45) is 6.43. The van der Waals surface area contributed by atoms with Gasteiger partial charge in [-0.05, 0) is 13.0 Å². The number of ether oxygens (including phenoxy) is 1. The molecule has 0 saturated carbocycles. The highest BCUT2D eigenvalue weighted by Crippen LogP contribution is 1.94. The van der Waals surface area contributed by atoms with E-state index in [2.05, 4.69) is 5.92 Å². The molecule has 0 rings (SSSR count). The lowest BCUT2D eigenvalue weighted by Crippen LogP contribution is -1.91. The molecular formula is C8H12O2. The van der Waals surface area contributed by atoms with Gasteiger partial charge in [-0.25, -0.2) is 0 Å². The maximum atomic E-state index is 8.68. The van der Waals surface area contributed by atoms with Crippen molar-refractivity contribution in [3.05, 3.63) is 11.8 Å². The van der Waals surface area contributed by atoms with Gasteiger partial charge in [-0.3, -0.25) is 0 Å². The van der Waals surface area contributed by atoms with Crippen molar-refractivity contribution in [1.82, 2.24) is 0 Å². The van der Waals surface area contributed by atoms with E-state index >= 15 is 0 Å². The Kier molecular flexibility index (Phi) is 3.60. The molecule has 0 aromatic carbocycles. The first-order valence-corrected chi connectivity index (χ1v) is 2.94. The molecule has 0 aliphatic heterocycles. The Balaban J connectivity index is 3.80. The molecule has 0 saturated heterocycles. The van der Waals surface area contributed by atoms with Crippen molar-refractivity contribution in [1.29, 1.82) is 0 Å². The van der Waals surface area contributed by atoms with E-state index in [9.17, 15) is 0 Å². The average Bonchev–Trinajstić information content (AvgIpc) is 1.84. The zero-order chi connectivity index (χ0) is 9.61. The fraction of sp³-hybridized carbons (Fsp3) is 0.500. The normalized spacial score (nSPS) is 15.1. The molecule has 0 fully saturated rings. The fourth-order valence-electron chi connectivity index (χ4n) is 0.404. The summed E-state index contributed by atoms with van der Waals surface area (Å²) in [7, 11) is 0. The molecule has 0 aliphatic carbocycles. The minimum absolute atomic E-state index is 0.331. The largest absolute Gasteiger partial charge is 0.497 e. The molecule has 2 nitrogen and oxygen atoms in total. The highest BCUT2D eigenvalue weighted by Gasteiger charge is 1.85. The molecule has 0 aromatic rings. The fourth-order valence-corrected chi connectivity index (χ4v) is 0.404. The van der Waals surface area contributed by atoms with Crippen LogP contribution in [0, 0.1) is 12.3 Å². The van der Waals surface area contributed by atoms with Crippen molar-refractivity contribution in [2.75, 3.05) is 13.2 Å². The third kappa shape index (κ3) is 5.20. The van der Waals surface area contributed by atoms with E-state index in [0.29, 0.717) is 18.8 Å². The Hall–Kier alpha value is -0.940. The lowest BCUT2D eigenvalue weighted by Gasteiger charge is -2.01. The Morgan fingerprint density at radius 3 is 3.20 bits per heavy atom. The Morgan fingerprint density at radius 2 is 2.70 bits per heavy atom. The molecule has 56 valence electrons. The van der Waals surface area contributed by atoms with Gasteiger partial charge in [0.15, 0.2) is 0 Å². The second-order valence-electron chi connectivity index (χ2n) is 1.69. The molecule has 0 bridgehead atoms. The number of hydrogen-bond acceptors (Lipinski definition) is 2. The van der Waals surface area contributed by atoms with Crippen LogP contribution in [0.1, 0.15) is 16.1 Å². The highest BCUT2D eigenvalue weighted by atomic mass is 16.5. The van der Waals surface area contributed by atoms with Crippen molar-refractivity contribution in [2.45, 2.75) is 13.3 Å². The van der Waals surface area contributed by atoms with Crippen LogP contribution in [0.4, 0.5) is 0 Å². The van der Waals surface area contributed by atoms with Crippen molar-refractivity contribution in [3.63, 3.8) is 0 Å². The van der Waals surface area contributed by atoms with Gasteiger partial charge in [0.25, 0.3) is 0 Å². The molecule has 0 heterocycles. The van der Waals surface area contributed by atoms with Crippen molar-refractivity contribution in [2.24, 2.45) is 0 Å². The molecule has 0 spiro atoms. The van der Waals surface area contributed by atoms with Crippen molar-refractivity contribution < 1.29 is 12.6 Å². The summed E-state index contributed by atoms with van der Waals surface area (Å²) in [5.41, 5.74) is 0. The maximum Gasteiger partial charge on any atom is 0.0986 e. The lowest BCUT2D eigenvalue weighted by molar-refractivity contribution is 0.216. The Labute approximate surface area is 64.3 Å². The SMILES string of the molecule is [2H]C([2H])(O)/C=C(\C)OCCC#C. The Bertz CT molecular complexity index is 198. The summed E-state index contributed by atoms with van der Waals surface area (Å²) >= 11 is 0. The molecule has 0 aromatic heterocycles. The summed E-state index contributed by atoms with van der Waals surface area (Å²) in [6.45, 7) is -0.417. The van der Waals surface area contributed by atoms with Crippen LogP contribution in [-0.4, -0.2) is 18.3 Å². The average molecular weight is 142 g/mol. The molecule has 0 aliphatic rings. The van der Waals surface area contributed by atoms with E-state index in [4.69, 9.17) is 19.0 Å². The first-order valence-electron chi connectivity index (χ1n) is 3.94. The lowest BCUT2D eigenvalue weighted by atomic mass is 10.4. The number of terminal acetylenes is 1. The number of rotatable bonds is 4. The molecule has 0 unspecified atom stereocenters. The molecule has 1 N–H and O–H groups in total. The summed E-state index contributed by atoms with van der Waals surface area (Å²) in [6, 6.07) is 0. The minimum Gasteiger partial charge on any atom is -0.497 e. The van der Waals surface area contributed by atoms with Crippen LogP contribution in [0.2, 0.25) is 0 Å². The van der Waals surface area contributed by atoms with E-state index in [1.54, 1.807) is 6.92 Å². The summed E-state index contributed by atoms with van der Waals surface area (Å²) in [5, 5.41) is 8.68. The molecule has 0 atom stereocenters. The van der Waals surface area contributed by atoms with Crippen LogP contribution in [0.5, 0.6) is 0 Å². The van der Waals surface area contributed by atoms with Gasteiger partial charge in [-0.1, -0.05) is 0 Å². The standard InChI is InChI=1S/C8H12O2/c1-3-4-7-10-8(2)5-6-9/h1,5,9H,4,6-7H2,2H3/b8-5+/i6D2. The second kappa shape index (κ2) is 6.18. The van der Waals surface area contributed by atoms with E-state index in [-0.39, 0.29) is 0 Å². The summed E-state index contributed by atoms with van der Waals surface area (Å²) in [5.74, 6) is 2.71. The molecule has 2 heteroatoms. The van der Waals surface area contributed by atoms with E-state index in [0.717, 1.165) is 6.08 Å². The van der Waals surface area contributed by atoms with E-state index in [1.807, 2.05) is 0 Å². The number of aliphatic hydroxyl groups is 1. The number of allylic oxidation sites excluding steroid dienone is 1.